The van der Waals surface area contributed by atoms with Gasteiger partial charge in [0.2, 0.25) is 0 Å². The lowest BCUT2D eigenvalue weighted by Crippen LogP contribution is -2.30. The summed E-state index contributed by atoms with van der Waals surface area (Å²) in [6, 6.07) is 0.582. The van der Waals surface area contributed by atoms with Gasteiger partial charge in [-0.15, -0.1) is 0 Å². The molecule has 1 saturated heterocycles. The lowest BCUT2D eigenvalue weighted by atomic mass is 10.00. The Hall–Kier alpha value is -0.120. The number of rotatable bonds is 5. The lowest BCUT2D eigenvalue weighted by molar-refractivity contribution is 0.126. The summed E-state index contributed by atoms with van der Waals surface area (Å²) in [4.78, 5) is 0. The van der Waals surface area contributed by atoms with E-state index >= 15 is 0 Å². The largest absolute Gasteiger partial charge is 0.393 e. The van der Waals surface area contributed by atoms with Gasteiger partial charge in [0.25, 0.3) is 0 Å². The second-order valence-corrected chi connectivity index (χ2v) is 4.92. The van der Waals surface area contributed by atoms with Gasteiger partial charge in [-0.1, -0.05) is 6.42 Å². The molecular weight excluding hydrogens is 190 g/mol. The molecule has 3 heteroatoms. The van der Waals surface area contributed by atoms with Gasteiger partial charge in [0.05, 0.1) is 12.7 Å². The molecule has 0 aromatic carbocycles. The molecule has 1 saturated carbocycles. The van der Waals surface area contributed by atoms with Crippen LogP contribution < -0.4 is 5.32 Å². The molecule has 0 amide bonds. The first-order valence-electron chi connectivity index (χ1n) is 6.35. The van der Waals surface area contributed by atoms with E-state index in [0.29, 0.717) is 12.0 Å². The molecular formula is C12H23NO2. The molecule has 3 unspecified atom stereocenters. The SMILES string of the molecule is OC1CCCC1CCCNC1CCOC1. The van der Waals surface area contributed by atoms with Crippen molar-refractivity contribution >= 4 is 0 Å². The molecule has 1 aliphatic carbocycles. The van der Waals surface area contributed by atoms with E-state index in [2.05, 4.69) is 5.32 Å². The highest BCUT2D eigenvalue weighted by Crippen LogP contribution is 2.28. The first-order chi connectivity index (χ1) is 7.36. The first kappa shape index (κ1) is 11.4. The topological polar surface area (TPSA) is 41.5 Å². The van der Waals surface area contributed by atoms with Gasteiger partial charge in [0.15, 0.2) is 0 Å². The molecule has 2 fully saturated rings. The molecule has 0 spiro atoms. The summed E-state index contributed by atoms with van der Waals surface area (Å²) < 4.78 is 5.30. The predicted octanol–water partition coefficient (Wildman–Crippen LogP) is 1.31. The maximum absolute atomic E-state index is 9.66. The summed E-state index contributed by atoms with van der Waals surface area (Å²) in [6.45, 7) is 2.88. The molecule has 1 aliphatic heterocycles. The third kappa shape index (κ3) is 3.44. The zero-order chi connectivity index (χ0) is 10.5. The van der Waals surface area contributed by atoms with Crippen LogP contribution in [0.4, 0.5) is 0 Å². The Labute approximate surface area is 92.2 Å². The summed E-state index contributed by atoms with van der Waals surface area (Å²) in [6.07, 6.45) is 6.99. The molecule has 3 nitrogen and oxygen atoms in total. The van der Waals surface area contributed by atoms with Gasteiger partial charge in [0, 0.05) is 12.6 Å². The van der Waals surface area contributed by atoms with Crippen molar-refractivity contribution in [1.29, 1.82) is 0 Å². The minimum Gasteiger partial charge on any atom is -0.393 e. The molecule has 2 N–H and O–H groups in total. The van der Waals surface area contributed by atoms with Gasteiger partial charge in [0.1, 0.15) is 0 Å². The summed E-state index contributed by atoms with van der Waals surface area (Å²) >= 11 is 0. The fraction of sp³-hybridized carbons (Fsp3) is 1.00. The summed E-state index contributed by atoms with van der Waals surface area (Å²) in [5.74, 6) is 0.576. The Morgan fingerprint density at radius 1 is 1.27 bits per heavy atom. The Morgan fingerprint density at radius 2 is 2.20 bits per heavy atom. The second-order valence-electron chi connectivity index (χ2n) is 4.92. The normalized spacial score (nSPS) is 36.2. The zero-order valence-corrected chi connectivity index (χ0v) is 9.45. The number of ether oxygens (including phenoxy) is 1. The molecule has 0 aromatic rings. The van der Waals surface area contributed by atoms with Crippen molar-refractivity contribution in [3.8, 4) is 0 Å². The molecule has 0 bridgehead atoms. The third-order valence-corrected chi connectivity index (χ3v) is 3.73. The van der Waals surface area contributed by atoms with Gasteiger partial charge in [-0.2, -0.15) is 0 Å². The molecule has 2 aliphatic rings. The highest BCUT2D eigenvalue weighted by Gasteiger charge is 2.24. The smallest absolute Gasteiger partial charge is 0.0620 e. The average Bonchev–Trinajstić information content (AvgIpc) is 2.85. The van der Waals surface area contributed by atoms with Crippen molar-refractivity contribution in [2.24, 2.45) is 5.92 Å². The van der Waals surface area contributed by atoms with E-state index in [1.165, 1.54) is 25.7 Å². The Morgan fingerprint density at radius 3 is 2.87 bits per heavy atom. The number of aliphatic hydroxyl groups excluding tert-OH is 1. The van der Waals surface area contributed by atoms with Crippen LogP contribution in [-0.2, 0) is 4.74 Å². The number of nitrogens with one attached hydrogen (secondary N) is 1. The quantitative estimate of drug-likeness (QED) is 0.677. The zero-order valence-electron chi connectivity index (χ0n) is 9.45. The van der Waals surface area contributed by atoms with Crippen molar-refractivity contribution in [2.75, 3.05) is 19.8 Å². The van der Waals surface area contributed by atoms with E-state index in [0.717, 1.165) is 32.6 Å². The Kier molecular flexibility index (Phi) is 4.42. The molecule has 0 aromatic heterocycles. The van der Waals surface area contributed by atoms with E-state index in [9.17, 15) is 5.11 Å². The Bertz CT molecular complexity index is 180. The van der Waals surface area contributed by atoms with E-state index < -0.39 is 0 Å². The average molecular weight is 213 g/mol. The van der Waals surface area contributed by atoms with Crippen molar-refractivity contribution in [2.45, 2.75) is 50.7 Å². The van der Waals surface area contributed by atoms with Crippen molar-refractivity contribution in [1.82, 2.24) is 5.32 Å². The van der Waals surface area contributed by atoms with Gasteiger partial charge >= 0.3 is 0 Å². The van der Waals surface area contributed by atoms with Gasteiger partial charge < -0.3 is 15.2 Å². The van der Waals surface area contributed by atoms with Gasteiger partial charge in [-0.05, 0) is 44.6 Å². The van der Waals surface area contributed by atoms with Crippen molar-refractivity contribution in [3.05, 3.63) is 0 Å². The summed E-state index contributed by atoms with van der Waals surface area (Å²) in [5, 5.41) is 13.2. The molecule has 3 atom stereocenters. The van der Waals surface area contributed by atoms with Crippen LogP contribution in [0.5, 0.6) is 0 Å². The first-order valence-corrected chi connectivity index (χ1v) is 6.35. The lowest BCUT2D eigenvalue weighted by Gasteiger charge is -2.15. The van der Waals surface area contributed by atoms with E-state index in [1.807, 2.05) is 0 Å². The fourth-order valence-corrected chi connectivity index (χ4v) is 2.72. The second kappa shape index (κ2) is 5.83. The van der Waals surface area contributed by atoms with Crippen LogP contribution in [0.1, 0.15) is 38.5 Å². The predicted molar refractivity (Wildman–Crippen MR) is 59.8 cm³/mol. The molecule has 0 radical (unpaired) electrons. The molecule has 15 heavy (non-hydrogen) atoms. The third-order valence-electron chi connectivity index (χ3n) is 3.73. The van der Waals surface area contributed by atoms with Crippen LogP contribution in [-0.4, -0.2) is 37.0 Å². The summed E-state index contributed by atoms with van der Waals surface area (Å²) in [5.41, 5.74) is 0. The minimum atomic E-state index is -0.0141. The minimum absolute atomic E-state index is 0.0141. The van der Waals surface area contributed by atoms with E-state index in [-0.39, 0.29) is 6.10 Å². The van der Waals surface area contributed by atoms with Crippen LogP contribution in [0.3, 0.4) is 0 Å². The van der Waals surface area contributed by atoms with E-state index in [1.54, 1.807) is 0 Å². The van der Waals surface area contributed by atoms with Crippen LogP contribution in [0, 0.1) is 5.92 Å². The van der Waals surface area contributed by atoms with Crippen molar-refractivity contribution < 1.29 is 9.84 Å². The highest BCUT2D eigenvalue weighted by molar-refractivity contribution is 4.77. The fourth-order valence-electron chi connectivity index (χ4n) is 2.72. The molecule has 2 rings (SSSR count). The van der Waals surface area contributed by atoms with Crippen LogP contribution in [0.25, 0.3) is 0 Å². The molecule has 88 valence electrons. The summed E-state index contributed by atoms with van der Waals surface area (Å²) in [7, 11) is 0. The number of hydrogen-bond donors (Lipinski definition) is 2. The van der Waals surface area contributed by atoms with Crippen LogP contribution in [0.15, 0.2) is 0 Å². The Balaban J connectivity index is 1.51. The number of hydrogen-bond acceptors (Lipinski definition) is 3. The van der Waals surface area contributed by atoms with Gasteiger partial charge in [-0.3, -0.25) is 0 Å². The van der Waals surface area contributed by atoms with Crippen LogP contribution >= 0.6 is 0 Å². The molecule has 1 heterocycles. The maximum atomic E-state index is 9.66. The maximum Gasteiger partial charge on any atom is 0.0620 e. The van der Waals surface area contributed by atoms with E-state index in [4.69, 9.17) is 4.74 Å². The van der Waals surface area contributed by atoms with Crippen molar-refractivity contribution in [3.63, 3.8) is 0 Å². The number of aliphatic hydroxyl groups is 1. The monoisotopic (exact) mass is 213 g/mol. The standard InChI is InChI=1S/C12H23NO2/c14-12-5-1-3-10(12)4-2-7-13-11-6-8-15-9-11/h10-14H,1-9H2. The van der Waals surface area contributed by atoms with Crippen LogP contribution in [0.2, 0.25) is 0 Å². The highest BCUT2D eigenvalue weighted by atomic mass is 16.5. The van der Waals surface area contributed by atoms with Gasteiger partial charge in [-0.25, -0.2) is 0 Å².